The van der Waals surface area contributed by atoms with E-state index in [4.69, 9.17) is 5.73 Å². The molecule has 0 aromatic rings. The highest BCUT2D eigenvalue weighted by atomic mass is 15.3. The highest BCUT2D eigenvalue weighted by molar-refractivity contribution is 4.91. The first-order valence-electron chi connectivity index (χ1n) is 7.19. The molecule has 0 radical (unpaired) electrons. The molecule has 100 valence electrons. The minimum absolute atomic E-state index is 0.00163. The monoisotopic (exact) mass is 239 g/mol. The van der Waals surface area contributed by atoms with Gasteiger partial charge in [0.2, 0.25) is 0 Å². The second kappa shape index (κ2) is 5.25. The molecule has 0 amide bonds. The van der Waals surface area contributed by atoms with E-state index in [-0.39, 0.29) is 5.54 Å². The van der Waals surface area contributed by atoms with Crippen LogP contribution in [0.5, 0.6) is 0 Å². The molecule has 2 N–H and O–H groups in total. The molecule has 0 aromatic carbocycles. The minimum atomic E-state index is 0.00163. The molecule has 0 aromatic heterocycles. The summed E-state index contributed by atoms with van der Waals surface area (Å²) in [5.74, 6) is 0. The Hall–Kier alpha value is -0.120. The van der Waals surface area contributed by atoms with Crippen LogP contribution >= 0.6 is 0 Å². The van der Waals surface area contributed by atoms with E-state index in [9.17, 15) is 0 Å². The van der Waals surface area contributed by atoms with Gasteiger partial charge >= 0.3 is 0 Å². The third-order valence-corrected chi connectivity index (χ3v) is 4.53. The lowest BCUT2D eigenvalue weighted by molar-refractivity contribution is 0.214. The normalized spacial score (nSPS) is 31.8. The molecule has 2 unspecified atom stereocenters. The molecular formula is C14H29N3. The van der Waals surface area contributed by atoms with Gasteiger partial charge in [0, 0.05) is 24.2 Å². The van der Waals surface area contributed by atoms with Crippen molar-refractivity contribution in [3.05, 3.63) is 0 Å². The van der Waals surface area contributed by atoms with Crippen LogP contribution in [-0.2, 0) is 0 Å². The van der Waals surface area contributed by atoms with Gasteiger partial charge in [0.25, 0.3) is 0 Å². The van der Waals surface area contributed by atoms with E-state index in [0.29, 0.717) is 0 Å². The molecule has 2 aliphatic rings. The Labute approximate surface area is 106 Å². The van der Waals surface area contributed by atoms with E-state index in [0.717, 1.165) is 18.5 Å². The summed E-state index contributed by atoms with van der Waals surface area (Å²) in [5, 5.41) is 0. The van der Waals surface area contributed by atoms with Crippen LogP contribution in [0.4, 0.5) is 0 Å². The molecule has 2 heterocycles. The second-order valence-electron chi connectivity index (χ2n) is 6.73. The number of fused-ring (bicyclic) bond motifs is 2. The van der Waals surface area contributed by atoms with Crippen LogP contribution in [-0.4, -0.2) is 54.1 Å². The van der Waals surface area contributed by atoms with Gasteiger partial charge in [0.05, 0.1) is 0 Å². The third kappa shape index (κ3) is 3.67. The predicted molar refractivity (Wildman–Crippen MR) is 73.1 cm³/mol. The Morgan fingerprint density at radius 1 is 1.18 bits per heavy atom. The number of likely N-dealkylation sites (N-methyl/N-ethyl adjacent to an activating group) is 1. The summed E-state index contributed by atoms with van der Waals surface area (Å²) in [6.45, 7) is 8.06. The lowest BCUT2D eigenvalue weighted by atomic mass is 10.00. The zero-order chi connectivity index (χ0) is 12.5. The standard InChI is InChI=1S/C14H29N3/c1-14(2,15)8-4-9-17-10-7-12-5-6-13(11-17)16(12)3/h12-13H,4-11,15H2,1-3H3. The summed E-state index contributed by atoms with van der Waals surface area (Å²) in [5.41, 5.74) is 6.04. The summed E-state index contributed by atoms with van der Waals surface area (Å²) in [4.78, 5) is 5.28. The molecule has 2 bridgehead atoms. The molecule has 2 atom stereocenters. The van der Waals surface area contributed by atoms with Gasteiger partial charge < -0.3 is 10.6 Å². The fraction of sp³-hybridized carbons (Fsp3) is 1.00. The largest absolute Gasteiger partial charge is 0.326 e. The number of nitrogens with zero attached hydrogens (tertiary/aromatic N) is 2. The van der Waals surface area contributed by atoms with Gasteiger partial charge in [0.15, 0.2) is 0 Å². The van der Waals surface area contributed by atoms with E-state index >= 15 is 0 Å². The van der Waals surface area contributed by atoms with Crippen molar-refractivity contribution in [1.82, 2.24) is 9.80 Å². The van der Waals surface area contributed by atoms with Gasteiger partial charge in [-0.2, -0.15) is 0 Å². The van der Waals surface area contributed by atoms with E-state index in [1.165, 1.54) is 45.3 Å². The summed E-state index contributed by atoms with van der Waals surface area (Å²) in [6.07, 6.45) is 6.56. The van der Waals surface area contributed by atoms with Gasteiger partial charge in [-0.15, -0.1) is 0 Å². The quantitative estimate of drug-likeness (QED) is 0.810. The first-order valence-corrected chi connectivity index (χ1v) is 7.19. The summed E-state index contributed by atoms with van der Waals surface area (Å²) in [6, 6.07) is 1.67. The lowest BCUT2D eigenvalue weighted by Crippen LogP contribution is -2.38. The average molecular weight is 239 g/mol. The molecular weight excluding hydrogens is 210 g/mol. The topological polar surface area (TPSA) is 32.5 Å². The van der Waals surface area contributed by atoms with Gasteiger partial charge in [-0.1, -0.05) is 0 Å². The smallest absolute Gasteiger partial charge is 0.0223 e. The highest BCUT2D eigenvalue weighted by Crippen LogP contribution is 2.28. The molecule has 3 nitrogen and oxygen atoms in total. The number of hydrogen-bond donors (Lipinski definition) is 1. The van der Waals surface area contributed by atoms with Gasteiger partial charge in [-0.05, 0) is 66.1 Å². The van der Waals surface area contributed by atoms with Crippen molar-refractivity contribution in [3.8, 4) is 0 Å². The molecule has 2 saturated heterocycles. The van der Waals surface area contributed by atoms with Crippen molar-refractivity contribution < 1.29 is 0 Å². The number of hydrogen-bond acceptors (Lipinski definition) is 3. The van der Waals surface area contributed by atoms with Gasteiger partial charge in [-0.25, -0.2) is 0 Å². The molecule has 17 heavy (non-hydrogen) atoms. The van der Waals surface area contributed by atoms with E-state index in [1.54, 1.807) is 0 Å². The maximum absolute atomic E-state index is 6.04. The summed E-state index contributed by atoms with van der Waals surface area (Å²) >= 11 is 0. The molecule has 0 saturated carbocycles. The maximum Gasteiger partial charge on any atom is 0.0223 e. The van der Waals surface area contributed by atoms with Gasteiger partial charge in [0.1, 0.15) is 0 Å². The van der Waals surface area contributed by atoms with E-state index in [1.807, 2.05) is 0 Å². The average Bonchev–Trinajstić information content (AvgIpc) is 2.43. The molecule has 2 rings (SSSR count). The fourth-order valence-electron chi connectivity index (χ4n) is 3.34. The van der Waals surface area contributed by atoms with Crippen LogP contribution in [0.3, 0.4) is 0 Å². The van der Waals surface area contributed by atoms with Crippen LogP contribution in [0, 0.1) is 0 Å². The molecule has 2 fully saturated rings. The van der Waals surface area contributed by atoms with Crippen molar-refractivity contribution in [1.29, 1.82) is 0 Å². The minimum Gasteiger partial charge on any atom is -0.326 e. The zero-order valence-electron chi connectivity index (χ0n) is 11.8. The summed E-state index contributed by atoms with van der Waals surface area (Å²) in [7, 11) is 2.31. The Bertz CT molecular complexity index is 246. The Morgan fingerprint density at radius 3 is 2.59 bits per heavy atom. The third-order valence-electron chi connectivity index (χ3n) is 4.53. The number of likely N-dealkylation sites (tertiary alicyclic amines) is 1. The van der Waals surface area contributed by atoms with E-state index < -0.39 is 0 Å². The van der Waals surface area contributed by atoms with Crippen LogP contribution < -0.4 is 5.73 Å². The van der Waals surface area contributed by atoms with Crippen LogP contribution in [0.2, 0.25) is 0 Å². The Morgan fingerprint density at radius 2 is 1.88 bits per heavy atom. The van der Waals surface area contributed by atoms with Crippen molar-refractivity contribution in [2.45, 2.75) is 63.6 Å². The first-order chi connectivity index (χ1) is 7.96. The lowest BCUT2D eigenvalue weighted by Gasteiger charge is -2.27. The molecule has 0 spiro atoms. The zero-order valence-corrected chi connectivity index (χ0v) is 11.8. The second-order valence-corrected chi connectivity index (χ2v) is 6.73. The van der Waals surface area contributed by atoms with Crippen molar-refractivity contribution >= 4 is 0 Å². The van der Waals surface area contributed by atoms with Crippen LogP contribution in [0.15, 0.2) is 0 Å². The predicted octanol–water partition coefficient (Wildman–Crippen LogP) is 1.67. The summed E-state index contributed by atoms with van der Waals surface area (Å²) < 4.78 is 0. The molecule has 2 aliphatic heterocycles. The number of nitrogens with two attached hydrogens (primary N) is 1. The Kier molecular flexibility index (Phi) is 4.11. The molecule has 3 heteroatoms. The van der Waals surface area contributed by atoms with Crippen LogP contribution in [0.1, 0.15) is 46.0 Å². The first kappa shape index (κ1) is 13.3. The van der Waals surface area contributed by atoms with Gasteiger partial charge in [-0.3, -0.25) is 4.90 Å². The maximum atomic E-state index is 6.04. The SMILES string of the molecule is CN1C2CCC1CN(CCCC(C)(C)N)CC2. The van der Waals surface area contributed by atoms with Crippen molar-refractivity contribution in [2.24, 2.45) is 5.73 Å². The molecule has 0 aliphatic carbocycles. The van der Waals surface area contributed by atoms with Crippen molar-refractivity contribution in [3.63, 3.8) is 0 Å². The fourth-order valence-corrected chi connectivity index (χ4v) is 3.34. The number of rotatable bonds is 4. The Balaban J connectivity index is 1.76. The highest BCUT2D eigenvalue weighted by Gasteiger charge is 2.34. The van der Waals surface area contributed by atoms with E-state index in [2.05, 4.69) is 30.7 Å². The van der Waals surface area contributed by atoms with Crippen LogP contribution in [0.25, 0.3) is 0 Å². The van der Waals surface area contributed by atoms with Crippen molar-refractivity contribution in [2.75, 3.05) is 26.7 Å².